The molecule has 0 saturated heterocycles. The summed E-state index contributed by atoms with van der Waals surface area (Å²) in [5, 5.41) is 0. The van der Waals surface area contributed by atoms with Gasteiger partial charge in [-0.3, -0.25) is 0 Å². The molecule has 1 aromatic rings. The van der Waals surface area contributed by atoms with Crippen LogP contribution in [-0.4, -0.2) is 19.1 Å². The van der Waals surface area contributed by atoms with Gasteiger partial charge in [-0.25, -0.2) is 4.79 Å². The van der Waals surface area contributed by atoms with Crippen LogP contribution in [0, 0.1) is 0 Å². The largest absolute Gasteiger partial charge is 0.463 e. The molecule has 0 atom stereocenters. The highest BCUT2D eigenvalue weighted by Gasteiger charge is 1.98. The van der Waals surface area contributed by atoms with Crippen molar-refractivity contribution in [2.75, 3.05) is 13.2 Å². The van der Waals surface area contributed by atoms with E-state index in [1.807, 2.05) is 24.3 Å². The number of carbonyl (C=O) groups is 1. The molecule has 16 heavy (non-hydrogen) atoms. The number of hydrogen-bond donors (Lipinski definition) is 1. The molecule has 0 aliphatic heterocycles. The van der Waals surface area contributed by atoms with Gasteiger partial charge in [-0.05, 0) is 37.1 Å². The van der Waals surface area contributed by atoms with Crippen LogP contribution in [0.25, 0.3) is 6.08 Å². The van der Waals surface area contributed by atoms with Crippen LogP contribution in [0.2, 0.25) is 0 Å². The Kier molecular flexibility index (Phi) is 5.29. The van der Waals surface area contributed by atoms with Crippen molar-refractivity contribution in [1.29, 1.82) is 0 Å². The molecule has 1 rings (SSSR count). The standard InChI is InChI=1S/C13H17NO2/c1-2-16-13(15)8-7-11-5-3-4-6-12(11)9-10-14/h3-8H,2,9-10,14H2,1H3/b8-7+. The minimum Gasteiger partial charge on any atom is -0.463 e. The van der Waals surface area contributed by atoms with Crippen LogP contribution in [-0.2, 0) is 16.0 Å². The van der Waals surface area contributed by atoms with Crippen molar-refractivity contribution in [2.24, 2.45) is 5.73 Å². The van der Waals surface area contributed by atoms with Crippen molar-refractivity contribution in [2.45, 2.75) is 13.3 Å². The second kappa shape index (κ2) is 6.80. The van der Waals surface area contributed by atoms with Gasteiger partial charge < -0.3 is 10.5 Å². The Bertz CT molecular complexity index is 372. The lowest BCUT2D eigenvalue weighted by Crippen LogP contribution is -2.04. The van der Waals surface area contributed by atoms with Crippen LogP contribution in [0.5, 0.6) is 0 Å². The molecule has 3 nitrogen and oxygen atoms in total. The van der Waals surface area contributed by atoms with Gasteiger partial charge in [-0.15, -0.1) is 0 Å². The summed E-state index contributed by atoms with van der Waals surface area (Å²) in [5.74, 6) is -0.315. The summed E-state index contributed by atoms with van der Waals surface area (Å²) in [6, 6.07) is 7.87. The SMILES string of the molecule is CCOC(=O)/C=C/c1ccccc1CCN. The first-order valence-electron chi connectivity index (χ1n) is 5.40. The summed E-state index contributed by atoms with van der Waals surface area (Å²) in [6.07, 6.45) is 4.02. The lowest BCUT2D eigenvalue weighted by molar-refractivity contribution is -0.137. The maximum absolute atomic E-state index is 11.2. The number of hydrogen-bond acceptors (Lipinski definition) is 3. The van der Waals surface area contributed by atoms with Crippen molar-refractivity contribution in [3.8, 4) is 0 Å². The number of carbonyl (C=O) groups excluding carboxylic acids is 1. The highest BCUT2D eigenvalue weighted by Crippen LogP contribution is 2.11. The molecule has 0 amide bonds. The molecule has 0 spiro atoms. The lowest BCUT2D eigenvalue weighted by Gasteiger charge is -2.03. The summed E-state index contributed by atoms with van der Waals surface area (Å²) in [4.78, 5) is 11.2. The topological polar surface area (TPSA) is 52.3 Å². The summed E-state index contributed by atoms with van der Waals surface area (Å²) in [7, 11) is 0. The van der Waals surface area contributed by atoms with Crippen LogP contribution in [0.3, 0.4) is 0 Å². The van der Waals surface area contributed by atoms with E-state index in [4.69, 9.17) is 10.5 Å². The Balaban J connectivity index is 2.75. The maximum atomic E-state index is 11.2. The normalized spacial score (nSPS) is 10.6. The fraction of sp³-hybridized carbons (Fsp3) is 0.308. The van der Waals surface area contributed by atoms with Gasteiger partial charge in [0.05, 0.1) is 6.61 Å². The van der Waals surface area contributed by atoms with E-state index in [1.165, 1.54) is 6.08 Å². The quantitative estimate of drug-likeness (QED) is 0.606. The molecule has 0 heterocycles. The summed E-state index contributed by atoms with van der Waals surface area (Å²) < 4.78 is 4.81. The number of rotatable bonds is 5. The average Bonchev–Trinajstić information content (AvgIpc) is 2.29. The molecule has 1 aromatic carbocycles. The smallest absolute Gasteiger partial charge is 0.330 e. The summed E-state index contributed by atoms with van der Waals surface area (Å²) in [5.41, 5.74) is 7.68. The molecule has 2 N–H and O–H groups in total. The second-order valence-corrected chi connectivity index (χ2v) is 3.32. The van der Waals surface area contributed by atoms with Gasteiger partial charge in [-0.2, -0.15) is 0 Å². The molecule has 86 valence electrons. The third kappa shape index (κ3) is 3.87. The minimum atomic E-state index is -0.315. The van der Waals surface area contributed by atoms with E-state index in [-0.39, 0.29) is 5.97 Å². The van der Waals surface area contributed by atoms with E-state index < -0.39 is 0 Å². The highest BCUT2D eigenvalue weighted by atomic mass is 16.5. The van der Waals surface area contributed by atoms with Crippen molar-refractivity contribution in [3.63, 3.8) is 0 Å². The third-order valence-corrected chi connectivity index (χ3v) is 2.15. The molecule has 0 aromatic heterocycles. The zero-order valence-corrected chi connectivity index (χ0v) is 9.48. The molecule has 0 saturated carbocycles. The van der Waals surface area contributed by atoms with Crippen molar-refractivity contribution >= 4 is 12.0 Å². The molecule has 3 heteroatoms. The van der Waals surface area contributed by atoms with Gasteiger partial charge in [0.15, 0.2) is 0 Å². The molecule has 0 aliphatic rings. The molecule has 0 radical (unpaired) electrons. The second-order valence-electron chi connectivity index (χ2n) is 3.32. The third-order valence-electron chi connectivity index (χ3n) is 2.15. The van der Waals surface area contributed by atoms with Crippen molar-refractivity contribution < 1.29 is 9.53 Å². The van der Waals surface area contributed by atoms with E-state index in [1.54, 1.807) is 13.0 Å². The van der Waals surface area contributed by atoms with Gasteiger partial charge in [0.1, 0.15) is 0 Å². The predicted molar refractivity (Wildman–Crippen MR) is 64.9 cm³/mol. The van der Waals surface area contributed by atoms with Gasteiger partial charge in [0, 0.05) is 6.08 Å². The monoisotopic (exact) mass is 219 g/mol. The fourth-order valence-electron chi connectivity index (χ4n) is 1.43. The van der Waals surface area contributed by atoms with E-state index >= 15 is 0 Å². The Labute approximate surface area is 95.9 Å². The van der Waals surface area contributed by atoms with E-state index in [0.29, 0.717) is 13.2 Å². The van der Waals surface area contributed by atoms with Gasteiger partial charge in [0.2, 0.25) is 0 Å². The van der Waals surface area contributed by atoms with Gasteiger partial charge >= 0.3 is 5.97 Å². The fourth-order valence-corrected chi connectivity index (χ4v) is 1.43. The molecular weight excluding hydrogens is 202 g/mol. The van der Waals surface area contributed by atoms with E-state index in [2.05, 4.69) is 0 Å². The van der Waals surface area contributed by atoms with Gasteiger partial charge in [-0.1, -0.05) is 24.3 Å². The van der Waals surface area contributed by atoms with Crippen LogP contribution in [0.1, 0.15) is 18.1 Å². The van der Waals surface area contributed by atoms with Crippen molar-refractivity contribution in [1.82, 2.24) is 0 Å². The lowest BCUT2D eigenvalue weighted by atomic mass is 10.0. The summed E-state index contributed by atoms with van der Waals surface area (Å²) >= 11 is 0. The molecule has 0 fully saturated rings. The van der Waals surface area contributed by atoms with E-state index in [9.17, 15) is 4.79 Å². The molecule has 0 unspecified atom stereocenters. The molecular formula is C13H17NO2. The molecule has 0 aliphatic carbocycles. The van der Waals surface area contributed by atoms with Crippen LogP contribution >= 0.6 is 0 Å². The number of nitrogens with two attached hydrogens (primary N) is 1. The average molecular weight is 219 g/mol. The van der Waals surface area contributed by atoms with E-state index in [0.717, 1.165) is 17.5 Å². The zero-order chi connectivity index (χ0) is 11.8. The first kappa shape index (κ1) is 12.5. The number of ether oxygens (including phenoxy) is 1. The maximum Gasteiger partial charge on any atom is 0.330 e. The minimum absolute atomic E-state index is 0.315. The van der Waals surface area contributed by atoms with Crippen molar-refractivity contribution in [3.05, 3.63) is 41.5 Å². The van der Waals surface area contributed by atoms with Crippen LogP contribution in [0.15, 0.2) is 30.3 Å². The van der Waals surface area contributed by atoms with Crippen LogP contribution < -0.4 is 5.73 Å². The Morgan fingerprint density at radius 1 is 1.44 bits per heavy atom. The Hall–Kier alpha value is -1.61. The number of esters is 1. The highest BCUT2D eigenvalue weighted by molar-refractivity contribution is 5.87. The Morgan fingerprint density at radius 2 is 2.19 bits per heavy atom. The van der Waals surface area contributed by atoms with Crippen LogP contribution in [0.4, 0.5) is 0 Å². The van der Waals surface area contributed by atoms with Gasteiger partial charge in [0.25, 0.3) is 0 Å². The first-order chi connectivity index (χ1) is 7.77. The first-order valence-corrected chi connectivity index (χ1v) is 5.40. The number of benzene rings is 1. The summed E-state index contributed by atoms with van der Waals surface area (Å²) in [6.45, 7) is 2.78. The Morgan fingerprint density at radius 3 is 2.88 bits per heavy atom. The zero-order valence-electron chi connectivity index (χ0n) is 9.48. The molecule has 0 bridgehead atoms. The predicted octanol–water partition coefficient (Wildman–Crippen LogP) is 1.76.